The van der Waals surface area contributed by atoms with Gasteiger partial charge in [-0.2, -0.15) is 0 Å². The fourth-order valence-corrected chi connectivity index (χ4v) is 7.06. The molecule has 40 heavy (non-hydrogen) atoms. The number of anilines is 1. The molecule has 0 radical (unpaired) electrons. The van der Waals surface area contributed by atoms with Crippen molar-refractivity contribution in [3.8, 4) is 5.75 Å². The van der Waals surface area contributed by atoms with Crippen LogP contribution in [-0.4, -0.2) is 36.0 Å². The molecule has 3 unspecified atom stereocenters. The van der Waals surface area contributed by atoms with E-state index in [0.717, 1.165) is 11.3 Å². The molecule has 3 atom stereocenters. The Balaban J connectivity index is 1.57. The van der Waals surface area contributed by atoms with Crippen molar-refractivity contribution in [2.45, 2.75) is 24.9 Å². The summed E-state index contributed by atoms with van der Waals surface area (Å²) in [6, 6.07) is 30.1. The molecule has 1 fully saturated rings. The summed E-state index contributed by atoms with van der Waals surface area (Å²) in [7, 11) is 0. The highest BCUT2D eigenvalue weighted by molar-refractivity contribution is 6.32. The zero-order chi connectivity index (χ0) is 27.4. The summed E-state index contributed by atoms with van der Waals surface area (Å²) in [5.41, 5.74) is 2.26. The van der Waals surface area contributed by atoms with Crippen molar-refractivity contribution in [1.82, 2.24) is 0 Å². The Labute approximate surface area is 232 Å². The van der Waals surface area contributed by atoms with E-state index in [-0.39, 0.29) is 17.3 Å². The second-order valence-corrected chi connectivity index (χ2v) is 10.5. The number of fused-ring (bicyclic) bond motifs is 5. The average molecular weight is 526 g/mol. The maximum Gasteiger partial charge on any atom is 0.185 e. The van der Waals surface area contributed by atoms with Crippen LogP contribution in [0.15, 0.2) is 109 Å². The number of nitrogens with zero attached hydrogens (tertiary/aromatic N) is 1. The lowest BCUT2D eigenvalue weighted by atomic mass is 9.64. The molecule has 0 bridgehead atoms. The lowest BCUT2D eigenvalue weighted by molar-refractivity contribution is 0.0664. The van der Waals surface area contributed by atoms with Gasteiger partial charge in [-0.05, 0) is 24.6 Å². The monoisotopic (exact) mass is 525 g/mol. The van der Waals surface area contributed by atoms with Gasteiger partial charge in [0.1, 0.15) is 17.2 Å². The molecule has 4 aromatic carbocycles. The number of benzene rings is 4. The topological polar surface area (TPSA) is 63.7 Å². The molecule has 1 spiro atoms. The second kappa shape index (κ2) is 9.16. The number of carbonyl (C=O) groups is 3. The highest BCUT2D eigenvalue weighted by Gasteiger charge is 2.71. The van der Waals surface area contributed by atoms with Crippen LogP contribution in [0.4, 0.5) is 5.69 Å². The number of Topliss-reactive ketones (excluding diaryl/α,β-unsaturated/α-hetero) is 3. The summed E-state index contributed by atoms with van der Waals surface area (Å²) >= 11 is 0. The van der Waals surface area contributed by atoms with E-state index in [1.165, 1.54) is 0 Å². The molecular weight excluding hydrogens is 498 g/mol. The van der Waals surface area contributed by atoms with Crippen LogP contribution in [0.25, 0.3) is 6.08 Å². The largest absolute Gasteiger partial charge is 0.494 e. The van der Waals surface area contributed by atoms with Gasteiger partial charge in [0.2, 0.25) is 0 Å². The predicted octanol–water partition coefficient (Wildman–Crippen LogP) is 6.40. The van der Waals surface area contributed by atoms with Crippen LogP contribution in [0.1, 0.15) is 55.0 Å². The average Bonchev–Trinajstić information content (AvgIpc) is 3.44. The van der Waals surface area contributed by atoms with E-state index in [4.69, 9.17) is 4.74 Å². The first kappa shape index (κ1) is 24.3. The van der Waals surface area contributed by atoms with E-state index in [2.05, 4.69) is 0 Å². The molecule has 196 valence electrons. The predicted molar refractivity (Wildman–Crippen MR) is 154 cm³/mol. The zero-order valence-corrected chi connectivity index (χ0v) is 22.0. The smallest absolute Gasteiger partial charge is 0.185 e. The second-order valence-electron chi connectivity index (χ2n) is 10.5. The zero-order valence-electron chi connectivity index (χ0n) is 22.0. The first-order valence-electron chi connectivity index (χ1n) is 13.6. The Morgan fingerprint density at radius 1 is 0.800 bits per heavy atom. The van der Waals surface area contributed by atoms with E-state index in [1.807, 2.05) is 90.7 Å². The standard InChI is InChI=1S/C35H27NO4/c1-2-40-28-19-11-9-17-26(28)30-31(32(37)23-13-4-3-5-14-23)36-27-18-10-6-12-22(27)20-21-29(36)35(30)33(38)24-15-7-8-16-25(24)34(35)39/h3-21,29-31H,2H2,1H3. The van der Waals surface area contributed by atoms with Gasteiger partial charge in [0, 0.05) is 33.9 Å². The summed E-state index contributed by atoms with van der Waals surface area (Å²) in [4.78, 5) is 46.1. The Kier molecular flexibility index (Phi) is 5.56. The highest BCUT2D eigenvalue weighted by Crippen LogP contribution is 2.61. The Morgan fingerprint density at radius 2 is 1.43 bits per heavy atom. The molecule has 2 aliphatic heterocycles. The van der Waals surface area contributed by atoms with Crippen LogP contribution < -0.4 is 9.64 Å². The van der Waals surface area contributed by atoms with Gasteiger partial charge in [-0.15, -0.1) is 0 Å². The third kappa shape index (κ3) is 3.18. The van der Waals surface area contributed by atoms with Gasteiger partial charge in [0.15, 0.2) is 17.3 Å². The van der Waals surface area contributed by atoms with Crippen molar-refractivity contribution in [1.29, 1.82) is 0 Å². The van der Waals surface area contributed by atoms with Gasteiger partial charge < -0.3 is 9.64 Å². The summed E-state index contributed by atoms with van der Waals surface area (Å²) in [5, 5.41) is 0. The van der Waals surface area contributed by atoms with Crippen molar-refractivity contribution >= 4 is 29.1 Å². The maximum atomic E-state index is 14.7. The van der Waals surface area contributed by atoms with E-state index in [1.54, 1.807) is 36.4 Å². The van der Waals surface area contributed by atoms with Crippen molar-refractivity contribution < 1.29 is 19.1 Å². The molecule has 0 aromatic heterocycles. The number of para-hydroxylation sites is 2. The fraction of sp³-hybridized carbons (Fsp3) is 0.171. The molecule has 5 heteroatoms. The fourth-order valence-electron chi connectivity index (χ4n) is 7.06. The molecule has 4 aromatic rings. The normalized spacial score (nSPS) is 21.7. The molecule has 0 saturated carbocycles. The minimum Gasteiger partial charge on any atom is -0.494 e. The number of ketones is 3. The van der Waals surface area contributed by atoms with Crippen molar-refractivity contribution in [2.24, 2.45) is 5.41 Å². The van der Waals surface area contributed by atoms with Gasteiger partial charge in [-0.1, -0.05) is 103 Å². The van der Waals surface area contributed by atoms with Crippen LogP contribution in [0.5, 0.6) is 5.75 Å². The Hall–Kier alpha value is -4.77. The van der Waals surface area contributed by atoms with E-state index >= 15 is 0 Å². The molecule has 0 amide bonds. The van der Waals surface area contributed by atoms with Gasteiger partial charge in [0.25, 0.3) is 0 Å². The molecule has 5 nitrogen and oxygen atoms in total. The van der Waals surface area contributed by atoms with Gasteiger partial charge in [0.05, 0.1) is 12.6 Å². The molecule has 1 saturated heterocycles. The number of carbonyl (C=O) groups excluding carboxylic acids is 3. The quantitative estimate of drug-likeness (QED) is 0.223. The number of rotatable bonds is 5. The molecule has 1 aliphatic carbocycles. The van der Waals surface area contributed by atoms with Crippen LogP contribution >= 0.6 is 0 Å². The first-order valence-corrected chi connectivity index (χ1v) is 13.6. The summed E-state index contributed by atoms with van der Waals surface area (Å²) in [6.45, 7) is 2.31. The summed E-state index contributed by atoms with van der Waals surface area (Å²) in [6.07, 6.45) is 3.92. The molecule has 7 rings (SSSR count). The number of hydrogen-bond donors (Lipinski definition) is 0. The van der Waals surface area contributed by atoms with Crippen molar-refractivity contribution in [2.75, 3.05) is 11.5 Å². The molecule has 3 aliphatic rings. The van der Waals surface area contributed by atoms with Gasteiger partial charge >= 0.3 is 0 Å². The SMILES string of the molecule is CCOc1ccccc1C1C(C(=O)c2ccccc2)N2c3ccccc3C=CC2C12C(=O)c1ccccc1C2=O. The Bertz CT molecular complexity index is 1670. The minimum absolute atomic E-state index is 0.138. The van der Waals surface area contributed by atoms with Gasteiger partial charge in [-0.25, -0.2) is 0 Å². The van der Waals surface area contributed by atoms with Gasteiger partial charge in [-0.3, -0.25) is 14.4 Å². The number of ether oxygens (including phenoxy) is 1. The van der Waals surface area contributed by atoms with E-state index in [9.17, 15) is 14.4 Å². The Morgan fingerprint density at radius 3 is 2.15 bits per heavy atom. The first-order chi connectivity index (χ1) is 19.6. The lowest BCUT2D eigenvalue weighted by Gasteiger charge is -2.37. The van der Waals surface area contributed by atoms with Crippen LogP contribution in [-0.2, 0) is 0 Å². The summed E-state index contributed by atoms with van der Waals surface area (Å²) in [5.74, 6) is -0.843. The minimum atomic E-state index is -1.55. The van der Waals surface area contributed by atoms with Crippen molar-refractivity contribution in [3.63, 3.8) is 0 Å². The maximum absolute atomic E-state index is 14.7. The third-order valence-corrected chi connectivity index (χ3v) is 8.59. The molecular formula is C35H27NO4. The van der Waals surface area contributed by atoms with Crippen LogP contribution in [0, 0.1) is 5.41 Å². The summed E-state index contributed by atoms with van der Waals surface area (Å²) < 4.78 is 6.09. The lowest BCUT2D eigenvalue weighted by Crippen LogP contribution is -2.48. The molecule has 0 N–H and O–H groups in total. The third-order valence-electron chi connectivity index (χ3n) is 8.59. The van der Waals surface area contributed by atoms with Crippen LogP contribution in [0.2, 0.25) is 0 Å². The van der Waals surface area contributed by atoms with Crippen molar-refractivity contribution in [3.05, 3.63) is 137 Å². The molecule has 2 heterocycles. The van der Waals surface area contributed by atoms with E-state index < -0.39 is 23.4 Å². The van der Waals surface area contributed by atoms with Crippen LogP contribution in [0.3, 0.4) is 0 Å². The van der Waals surface area contributed by atoms with E-state index in [0.29, 0.717) is 34.6 Å². The number of hydrogen-bond acceptors (Lipinski definition) is 5. The highest BCUT2D eigenvalue weighted by atomic mass is 16.5.